The number of aliphatic hydroxyl groups is 1. The molecule has 0 aliphatic rings. The summed E-state index contributed by atoms with van der Waals surface area (Å²) in [6, 6.07) is 0. The molecule has 62 valence electrons. The summed E-state index contributed by atoms with van der Waals surface area (Å²) in [6.07, 6.45) is 2.02. The second-order valence-corrected chi connectivity index (χ2v) is 3.29. The normalized spacial score (nSPS) is 12.0. The average molecular weight is 155 g/mol. The minimum Gasteiger partial charge on any atom is -0.390 e. The zero-order valence-electron chi connectivity index (χ0n) is 7.07. The monoisotopic (exact) mass is 155 g/mol. The van der Waals surface area contributed by atoms with Crippen LogP contribution in [0.5, 0.6) is 0 Å². The summed E-state index contributed by atoms with van der Waals surface area (Å²) in [5, 5.41) is 13.3. The maximum atomic E-state index is 9.43. The van der Waals surface area contributed by atoms with E-state index in [-0.39, 0.29) is 0 Å². The van der Waals surface area contributed by atoms with Crippen molar-refractivity contribution < 1.29 is 5.11 Å². The largest absolute Gasteiger partial charge is 0.390 e. The number of hydrogen-bond acceptors (Lipinski definition) is 3. The van der Waals surface area contributed by atoms with Crippen molar-refractivity contribution in [1.29, 1.82) is 0 Å². The van der Waals surface area contributed by atoms with Gasteiger partial charge in [0.25, 0.3) is 0 Å². The number of aromatic nitrogens is 3. The smallest absolute Gasteiger partial charge is 0.138 e. The Bertz CT molecular complexity index is 236. The van der Waals surface area contributed by atoms with Crippen molar-refractivity contribution in [2.75, 3.05) is 0 Å². The summed E-state index contributed by atoms with van der Waals surface area (Å²) in [5.41, 5.74) is -0.708. The fourth-order valence-corrected chi connectivity index (χ4v) is 0.867. The molecule has 11 heavy (non-hydrogen) atoms. The maximum absolute atomic E-state index is 9.43. The summed E-state index contributed by atoms with van der Waals surface area (Å²) < 4.78 is 1.66. The summed E-state index contributed by atoms with van der Waals surface area (Å²) in [5.74, 6) is 0.803. The fraction of sp³-hybridized carbons (Fsp3) is 0.714. The molecule has 1 aromatic rings. The van der Waals surface area contributed by atoms with Crippen molar-refractivity contribution in [1.82, 2.24) is 14.8 Å². The number of hydrogen-bond donors (Lipinski definition) is 1. The summed E-state index contributed by atoms with van der Waals surface area (Å²) >= 11 is 0. The van der Waals surface area contributed by atoms with E-state index in [1.807, 2.05) is 7.05 Å². The third-order valence-electron chi connectivity index (χ3n) is 1.40. The Labute approximate surface area is 65.9 Å². The van der Waals surface area contributed by atoms with Crippen LogP contribution < -0.4 is 0 Å². The van der Waals surface area contributed by atoms with E-state index in [0.29, 0.717) is 6.42 Å². The Morgan fingerprint density at radius 1 is 1.64 bits per heavy atom. The quantitative estimate of drug-likeness (QED) is 0.660. The van der Waals surface area contributed by atoms with Crippen LogP contribution in [-0.2, 0) is 13.5 Å². The van der Waals surface area contributed by atoms with Crippen LogP contribution >= 0.6 is 0 Å². The van der Waals surface area contributed by atoms with Gasteiger partial charge in [-0.05, 0) is 13.8 Å². The van der Waals surface area contributed by atoms with Gasteiger partial charge >= 0.3 is 0 Å². The molecule has 0 atom stereocenters. The molecule has 4 heteroatoms. The van der Waals surface area contributed by atoms with Gasteiger partial charge < -0.3 is 5.11 Å². The molecule has 0 amide bonds. The van der Waals surface area contributed by atoms with Gasteiger partial charge in [0, 0.05) is 13.5 Å². The molecule has 1 heterocycles. The van der Waals surface area contributed by atoms with Gasteiger partial charge in [0.15, 0.2) is 0 Å². The van der Waals surface area contributed by atoms with E-state index in [9.17, 15) is 5.11 Å². The Hall–Kier alpha value is -0.900. The van der Waals surface area contributed by atoms with Crippen molar-refractivity contribution in [3.8, 4) is 0 Å². The molecule has 0 aromatic carbocycles. The van der Waals surface area contributed by atoms with E-state index in [4.69, 9.17) is 0 Å². The minimum absolute atomic E-state index is 0.531. The maximum Gasteiger partial charge on any atom is 0.138 e. The SMILES string of the molecule is Cn1ncnc1CC(C)(C)O. The molecule has 1 rings (SSSR count). The van der Waals surface area contributed by atoms with Crippen molar-refractivity contribution >= 4 is 0 Å². The number of rotatable bonds is 2. The van der Waals surface area contributed by atoms with Crippen LogP contribution in [0.3, 0.4) is 0 Å². The van der Waals surface area contributed by atoms with Crippen molar-refractivity contribution in [2.45, 2.75) is 25.9 Å². The summed E-state index contributed by atoms with van der Waals surface area (Å²) in [4.78, 5) is 3.99. The predicted molar refractivity (Wildman–Crippen MR) is 41.0 cm³/mol. The molecule has 0 spiro atoms. The van der Waals surface area contributed by atoms with Gasteiger partial charge in [0.05, 0.1) is 5.60 Å². The highest BCUT2D eigenvalue weighted by Gasteiger charge is 2.16. The van der Waals surface area contributed by atoms with Crippen LogP contribution in [0.4, 0.5) is 0 Å². The second-order valence-electron chi connectivity index (χ2n) is 3.29. The highest BCUT2D eigenvalue weighted by molar-refractivity contribution is 4.89. The molecule has 0 bridgehead atoms. The van der Waals surface area contributed by atoms with Crippen molar-refractivity contribution in [3.05, 3.63) is 12.2 Å². The molecule has 4 nitrogen and oxygen atoms in total. The number of nitrogens with zero attached hydrogens (tertiary/aromatic N) is 3. The lowest BCUT2D eigenvalue weighted by atomic mass is 10.1. The van der Waals surface area contributed by atoms with Crippen LogP contribution in [0.1, 0.15) is 19.7 Å². The van der Waals surface area contributed by atoms with Crippen LogP contribution in [0.2, 0.25) is 0 Å². The van der Waals surface area contributed by atoms with E-state index in [2.05, 4.69) is 10.1 Å². The minimum atomic E-state index is -0.708. The molecule has 0 aliphatic heterocycles. The fourth-order valence-electron chi connectivity index (χ4n) is 0.867. The van der Waals surface area contributed by atoms with Crippen molar-refractivity contribution in [3.63, 3.8) is 0 Å². The molecular formula is C7H13N3O. The topological polar surface area (TPSA) is 50.9 Å². The van der Waals surface area contributed by atoms with Gasteiger partial charge in [0.2, 0.25) is 0 Å². The lowest BCUT2D eigenvalue weighted by molar-refractivity contribution is 0.0778. The highest BCUT2D eigenvalue weighted by Crippen LogP contribution is 2.08. The van der Waals surface area contributed by atoms with Gasteiger partial charge in [-0.15, -0.1) is 0 Å². The molecule has 0 fully saturated rings. The standard InChI is InChI=1S/C7H13N3O/c1-7(2,11)4-6-8-5-9-10(6)3/h5,11H,4H2,1-3H3. The Morgan fingerprint density at radius 2 is 2.27 bits per heavy atom. The first-order valence-corrected chi connectivity index (χ1v) is 3.54. The van der Waals surface area contributed by atoms with Gasteiger partial charge in [-0.25, -0.2) is 4.98 Å². The van der Waals surface area contributed by atoms with E-state index >= 15 is 0 Å². The first kappa shape index (κ1) is 8.20. The third-order valence-corrected chi connectivity index (χ3v) is 1.40. The van der Waals surface area contributed by atoms with E-state index in [1.165, 1.54) is 6.33 Å². The first-order valence-electron chi connectivity index (χ1n) is 3.54. The van der Waals surface area contributed by atoms with E-state index in [0.717, 1.165) is 5.82 Å². The summed E-state index contributed by atoms with van der Waals surface area (Å²) in [7, 11) is 1.81. The summed E-state index contributed by atoms with van der Waals surface area (Å²) in [6.45, 7) is 3.50. The zero-order valence-corrected chi connectivity index (χ0v) is 7.07. The lowest BCUT2D eigenvalue weighted by Crippen LogP contribution is -2.24. The zero-order chi connectivity index (χ0) is 8.48. The third kappa shape index (κ3) is 2.31. The van der Waals surface area contributed by atoms with Gasteiger partial charge in [0.1, 0.15) is 12.2 Å². The molecule has 0 unspecified atom stereocenters. The molecule has 0 aliphatic carbocycles. The molecule has 1 N–H and O–H groups in total. The second kappa shape index (κ2) is 2.62. The lowest BCUT2D eigenvalue weighted by Gasteiger charge is -2.15. The first-order chi connectivity index (χ1) is 4.99. The Balaban J connectivity index is 2.72. The average Bonchev–Trinajstić information content (AvgIpc) is 2.12. The number of aryl methyl sites for hydroxylation is 1. The highest BCUT2D eigenvalue weighted by atomic mass is 16.3. The molecular weight excluding hydrogens is 142 g/mol. The molecule has 0 saturated carbocycles. The molecule has 0 radical (unpaired) electrons. The van der Waals surface area contributed by atoms with Gasteiger partial charge in [-0.3, -0.25) is 4.68 Å². The molecule has 0 saturated heterocycles. The van der Waals surface area contributed by atoms with Gasteiger partial charge in [-0.2, -0.15) is 5.10 Å². The van der Waals surface area contributed by atoms with Crippen molar-refractivity contribution in [2.24, 2.45) is 7.05 Å². The van der Waals surface area contributed by atoms with E-state index in [1.54, 1.807) is 18.5 Å². The Kier molecular flexibility index (Phi) is 1.95. The van der Waals surface area contributed by atoms with E-state index < -0.39 is 5.60 Å². The van der Waals surface area contributed by atoms with Gasteiger partial charge in [-0.1, -0.05) is 0 Å². The van der Waals surface area contributed by atoms with Crippen LogP contribution in [0, 0.1) is 0 Å². The van der Waals surface area contributed by atoms with Crippen LogP contribution in [0.15, 0.2) is 6.33 Å². The Morgan fingerprint density at radius 3 is 2.64 bits per heavy atom. The molecule has 1 aromatic heterocycles. The van der Waals surface area contributed by atoms with Crippen LogP contribution in [-0.4, -0.2) is 25.5 Å². The predicted octanol–water partition coefficient (Wildman–Crippen LogP) is 0.128. The van der Waals surface area contributed by atoms with Crippen LogP contribution in [0.25, 0.3) is 0 Å².